The van der Waals surface area contributed by atoms with Crippen molar-refractivity contribution in [3.63, 3.8) is 0 Å². The Labute approximate surface area is 134 Å². The number of halogens is 2. The van der Waals surface area contributed by atoms with E-state index in [1.807, 2.05) is 0 Å². The number of hydrogen-bond acceptors (Lipinski definition) is 3. The number of Topliss-reactive ketones (excluding diaryl/α,β-unsaturated/α-hetero) is 1. The van der Waals surface area contributed by atoms with E-state index in [1.54, 1.807) is 20.8 Å². The van der Waals surface area contributed by atoms with Crippen molar-refractivity contribution in [2.45, 2.75) is 39.2 Å². The number of carbonyl (C=O) groups excluding carboxylic acids is 2. The highest BCUT2D eigenvalue weighted by Crippen LogP contribution is 2.22. The van der Waals surface area contributed by atoms with E-state index in [0.717, 1.165) is 18.2 Å². The molecule has 126 valence electrons. The number of benzene rings is 1. The van der Waals surface area contributed by atoms with Gasteiger partial charge >= 0.3 is 6.09 Å². The van der Waals surface area contributed by atoms with Crippen LogP contribution in [-0.4, -0.2) is 35.5 Å². The molecule has 1 aliphatic rings. The SMILES string of the molecule is CC(C)(C)OC(=O)N1CCC(C(=O)Cc2cc(F)ccc2F)C1. The maximum atomic E-state index is 13.6. The van der Waals surface area contributed by atoms with Crippen LogP contribution in [0, 0.1) is 17.6 Å². The standard InChI is InChI=1S/C17H21F2NO3/c1-17(2,3)23-16(22)20-7-6-11(10-20)15(21)9-12-8-13(18)4-5-14(12)19/h4-5,8,11H,6-7,9-10H2,1-3H3. The molecule has 1 fully saturated rings. The molecule has 0 saturated carbocycles. The molecule has 1 aromatic carbocycles. The van der Waals surface area contributed by atoms with Gasteiger partial charge in [0.2, 0.25) is 0 Å². The van der Waals surface area contributed by atoms with Crippen molar-refractivity contribution in [3.8, 4) is 0 Å². The zero-order valence-corrected chi connectivity index (χ0v) is 13.6. The number of likely N-dealkylation sites (tertiary alicyclic amines) is 1. The lowest BCUT2D eigenvalue weighted by Crippen LogP contribution is -2.36. The lowest BCUT2D eigenvalue weighted by molar-refractivity contribution is -0.121. The first-order chi connectivity index (χ1) is 10.7. The molecule has 1 aromatic rings. The smallest absolute Gasteiger partial charge is 0.410 e. The van der Waals surface area contributed by atoms with Crippen LogP contribution in [0.4, 0.5) is 13.6 Å². The first-order valence-electron chi connectivity index (χ1n) is 7.60. The highest BCUT2D eigenvalue weighted by atomic mass is 19.1. The number of amides is 1. The van der Waals surface area contributed by atoms with Crippen molar-refractivity contribution in [1.82, 2.24) is 4.90 Å². The van der Waals surface area contributed by atoms with E-state index in [9.17, 15) is 18.4 Å². The summed E-state index contributed by atoms with van der Waals surface area (Å²) >= 11 is 0. The van der Waals surface area contributed by atoms with Gasteiger partial charge in [0.25, 0.3) is 0 Å². The molecule has 1 atom stereocenters. The molecule has 0 aromatic heterocycles. The van der Waals surface area contributed by atoms with E-state index in [2.05, 4.69) is 0 Å². The minimum atomic E-state index is -0.596. The quantitative estimate of drug-likeness (QED) is 0.856. The third-order valence-corrected chi connectivity index (χ3v) is 3.67. The molecule has 6 heteroatoms. The van der Waals surface area contributed by atoms with E-state index in [1.165, 1.54) is 4.90 Å². The van der Waals surface area contributed by atoms with Gasteiger partial charge in [0, 0.05) is 25.4 Å². The zero-order valence-electron chi connectivity index (χ0n) is 13.6. The molecule has 2 rings (SSSR count). The molecule has 1 aliphatic heterocycles. The van der Waals surface area contributed by atoms with Crippen LogP contribution in [0.3, 0.4) is 0 Å². The Bertz CT molecular complexity index is 610. The van der Waals surface area contributed by atoms with E-state index < -0.39 is 23.3 Å². The van der Waals surface area contributed by atoms with E-state index >= 15 is 0 Å². The minimum Gasteiger partial charge on any atom is -0.444 e. The first-order valence-corrected chi connectivity index (χ1v) is 7.60. The van der Waals surface area contributed by atoms with Crippen LogP contribution in [0.25, 0.3) is 0 Å². The molecule has 0 aliphatic carbocycles. The molecule has 0 spiro atoms. The van der Waals surface area contributed by atoms with Crippen LogP contribution >= 0.6 is 0 Å². The summed E-state index contributed by atoms with van der Waals surface area (Å²) in [6.07, 6.45) is -0.115. The third-order valence-electron chi connectivity index (χ3n) is 3.67. The van der Waals surface area contributed by atoms with Gasteiger partial charge in [0.05, 0.1) is 0 Å². The first kappa shape index (κ1) is 17.4. The summed E-state index contributed by atoms with van der Waals surface area (Å²) in [5.74, 6) is -1.73. The maximum absolute atomic E-state index is 13.6. The molecule has 23 heavy (non-hydrogen) atoms. The summed E-state index contributed by atoms with van der Waals surface area (Å²) in [5, 5.41) is 0. The molecule has 1 saturated heterocycles. The van der Waals surface area contributed by atoms with Crippen molar-refractivity contribution in [2.24, 2.45) is 5.92 Å². The van der Waals surface area contributed by atoms with Crippen LogP contribution in [0.1, 0.15) is 32.8 Å². The molecule has 0 radical (unpaired) electrons. The monoisotopic (exact) mass is 325 g/mol. The lowest BCUT2D eigenvalue weighted by Gasteiger charge is -2.24. The molecule has 1 heterocycles. The molecule has 0 bridgehead atoms. The van der Waals surface area contributed by atoms with E-state index in [0.29, 0.717) is 13.0 Å². The van der Waals surface area contributed by atoms with E-state index in [4.69, 9.17) is 4.74 Å². The Morgan fingerprint density at radius 3 is 2.65 bits per heavy atom. The molecular formula is C17H21F2NO3. The van der Waals surface area contributed by atoms with Crippen LogP contribution in [0.2, 0.25) is 0 Å². The Kier molecular flexibility index (Phi) is 5.02. The fourth-order valence-corrected chi connectivity index (χ4v) is 2.53. The van der Waals surface area contributed by atoms with Crippen LogP contribution in [-0.2, 0) is 16.0 Å². The lowest BCUT2D eigenvalue weighted by atomic mass is 9.97. The second kappa shape index (κ2) is 6.64. The van der Waals surface area contributed by atoms with Gasteiger partial charge in [-0.15, -0.1) is 0 Å². The Morgan fingerprint density at radius 2 is 2.00 bits per heavy atom. The van der Waals surface area contributed by atoms with Gasteiger partial charge in [-0.05, 0) is 51.0 Å². The number of carbonyl (C=O) groups is 2. The maximum Gasteiger partial charge on any atom is 0.410 e. The second-order valence-corrected chi connectivity index (χ2v) is 6.79. The minimum absolute atomic E-state index is 0.0470. The van der Waals surface area contributed by atoms with Crippen LogP contribution in [0.15, 0.2) is 18.2 Å². The Morgan fingerprint density at radius 1 is 1.30 bits per heavy atom. The van der Waals surface area contributed by atoms with E-state index in [-0.39, 0.29) is 30.2 Å². The number of ketones is 1. The van der Waals surface area contributed by atoms with Gasteiger partial charge in [-0.2, -0.15) is 0 Å². The summed E-state index contributed by atoms with van der Waals surface area (Å²) < 4.78 is 32.0. The highest BCUT2D eigenvalue weighted by molar-refractivity contribution is 5.84. The summed E-state index contributed by atoms with van der Waals surface area (Å²) in [7, 11) is 0. The van der Waals surface area contributed by atoms with Gasteiger partial charge in [-0.3, -0.25) is 4.79 Å². The Hall–Kier alpha value is -1.98. The molecule has 4 nitrogen and oxygen atoms in total. The topological polar surface area (TPSA) is 46.6 Å². The molecule has 0 N–H and O–H groups in total. The number of nitrogens with zero attached hydrogens (tertiary/aromatic N) is 1. The largest absolute Gasteiger partial charge is 0.444 e. The van der Waals surface area contributed by atoms with Crippen molar-refractivity contribution in [3.05, 3.63) is 35.4 Å². The van der Waals surface area contributed by atoms with Crippen LogP contribution in [0.5, 0.6) is 0 Å². The van der Waals surface area contributed by atoms with Gasteiger partial charge in [-0.25, -0.2) is 13.6 Å². The summed E-state index contributed by atoms with van der Waals surface area (Å²) in [6.45, 7) is 6.00. The number of hydrogen-bond donors (Lipinski definition) is 0. The van der Waals surface area contributed by atoms with Gasteiger partial charge in [0.15, 0.2) is 0 Å². The normalized spacial score (nSPS) is 18.1. The molecular weight excluding hydrogens is 304 g/mol. The average Bonchev–Trinajstić information content (AvgIpc) is 2.91. The Balaban J connectivity index is 1.95. The van der Waals surface area contributed by atoms with Crippen molar-refractivity contribution in [1.29, 1.82) is 0 Å². The predicted octanol–water partition coefficient (Wildman–Crippen LogP) is 3.33. The highest BCUT2D eigenvalue weighted by Gasteiger charge is 2.33. The summed E-state index contributed by atoms with van der Waals surface area (Å²) in [4.78, 5) is 25.7. The molecule has 1 amide bonds. The predicted molar refractivity (Wildman–Crippen MR) is 81.0 cm³/mol. The summed E-state index contributed by atoms with van der Waals surface area (Å²) in [5.41, 5.74) is -0.546. The fourth-order valence-electron chi connectivity index (χ4n) is 2.53. The fraction of sp³-hybridized carbons (Fsp3) is 0.529. The number of rotatable bonds is 3. The van der Waals surface area contributed by atoms with Gasteiger partial charge in [0.1, 0.15) is 23.0 Å². The zero-order chi connectivity index (χ0) is 17.2. The second-order valence-electron chi connectivity index (χ2n) is 6.79. The average molecular weight is 325 g/mol. The van der Waals surface area contributed by atoms with Gasteiger partial charge < -0.3 is 9.64 Å². The summed E-state index contributed by atoms with van der Waals surface area (Å²) in [6, 6.07) is 3.07. The van der Waals surface area contributed by atoms with Gasteiger partial charge in [-0.1, -0.05) is 0 Å². The van der Waals surface area contributed by atoms with Crippen molar-refractivity contribution in [2.75, 3.05) is 13.1 Å². The van der Waals surface area contributed by atoms with Crippen molar-refractivity contribution >= 4 is 11.9 Å². The van der Waals surface area contributed by atoms with Crippen molar-refractivity contribution < 1.29 is 23.1 Å². The third kappa shape index (κ3) is 4.74. The number of ether oxygens (including phenoxy) is 1. The van der Waals surface area contributed by atoms with Crippen LogP contribution < -0.4 is 0 Å². The molecule has 1 unspecified atom stereocenters.